The van der Waals surface area contributed by atoms with E-state index in [1.165, 1.54) is 4.68 Å². The van der Waals surface area contributed by atoms with Gasteiger partial charge in [-0.3, -0.25) is 0 Å². The molecule has 24 heavy (non-hydrogen) atoms. The summed E-state index contributed by atoms with van der Waals surface area (Å²) in [7, 11) is 1.84. The molecule has 0 aliphatic heterocycles. The molecule has 0 radical (unpaired) electrons. The molecule has 0 bridgehead atoms. The van der Waals surface area contributed by atoms with Gasteiger partial charge in [0.1, 0.15) is 11.3 Å². The van der Waals surface area contributed by atoms with E-state index in [9.17, 15) is 4.79 Å². The van der Waals surface area contributed by atoms with E-state index in [1.807, 2.05) is 76.3 Å². The lowest BCUT2D eigenvalue weighted by Crippen LogP contribution is -2.27. The summed E-state index contributed by atoms with van der Waals surface area (Å²) in [6.45, 7) is 5.52. The fourth-order valence-electron chi connectivity index (χ4n) is 2.52. The Balaban J connectivity index is 2.19. The van der Waals surface area contributed by atoms with Crippen LogP contribution in [-0.4, -0.2) is 28.5 Å². The molecule has 0 saturated carbocycles. The van der Waals surface area contributed by atoms with Crippen LogP contribution in [-0.2, 0) is 4.74 Å². The van der Waals surface area contributed by atoms with Gasteiger partial charge in [0.15, 0.2) is 0 Å². The van der Waals surface area contributed by atoms with Crippen LogP contribution in [0.1, 0.15) is 20.8 Å². The van der Waals surface area contributed by atoms with Crippen molar-refractivity contribution in [2.45, 2.75) is 26.4 Å². The minimum absolute atomic E-state index is 0.483. The van der Waals surface area contributed by atoms with Crippen LogP contribution in [0.3, 0.4) is 0 Å². The van der Waals surface area contributed by atoms with Gasteiger partial charge in [-0.05, 0) is 39.0 Å². The van der Waals surface area contributed by atoms with Crippen molar-refractivity contribution in [2.24, 2.45) is 0 Å². The predicted octanol–water partition coefficient (Wildman–Crippen LogP) is 4.53. The zero-order chi connectivity index (χ0) is 17.3. The molecular weight excluding hydrogens is 302 g/mol. The van der Waals surface area contributed by atoms with E-state index >= 15 is 0 Å². The second kappa shape index (κ2) is 6.00. The number of rotatable bonds is 2. The van der Waals surface area contributed by atoms with Gasteiger partial charge in [-0.25, -0.2) is 4.79 Å². The number of anilines is 1. The molecule has 2 aromatic carbocycles. The van der Waals surface area contributed by atoms with E-state index in [0.717, 1.165) is 27.8 Å². The summed E-state index contributed by atoms with van der Waals surface area (Å²) in [6.07, 6.45) is -0.483. The van der Waals surface area contributed by atoms with Gasteiger partial charge < -0.3 is 10.1 Å². The first-order valence-electron chi connectivity index (χ1n) is 7.88. The third kappa shape index (κ3) is 3.11. The number of benzene rings is 2. The molecule has 0 saturated heterocycles. The number of aromatic nitrogens is 2. The molecule has 5 heteroatoms. The lowest BCUT2D eigenvalue weighted by molar-refractivity contribution is 0.0523. The molecule has 0 atom stereocenters. The maximum Gasteiger partial charge on any atom is 0.435 e. The molecule has 0 aliphatic rings. The second-order valence-electron chi connectivity index (χ2n) is 6.59. The largest absolute Gasteiger partial charge is 0.442 e. The Kier molecular flexibility index (Phi) is 4.01. The topological polar surface area (TPSA) is 56.2 Å². The van der Waals surface area contributed by atoms with Gasteiger partial charge in [-0.1, -0.05) is 30.3 Å². The first kappa shape index (κ1) is 16.1. The monoisotopic (exact) mass is 323 g/mol. The van der Waals surface area contributed by atoms with Crippen molar-refractivity contribution in [1.82, 2.24) is 9.78 Å². The van der Waals surface area contributed by atoms with E-state index in [0.29, 0.717) is 0 Å². The Morgan fingerprint density at radius 3 is 2.46 bits per heavy atom. The van der Waals surface area contributed by atoms with Crippen LogP contribution in [0.2, 0.25) is 0 Å². The van der Waals surface area contributed by atoms with Gasteiger partial charge in [0.05, 0.1) is 5.52 Å². The van der Waals surface area contributed by atoms with Gasteiger partial charge in [-0.2, -0.15) is 9.78 Å². The molecule has 0 unspecified atom stereocenters. The smallest absolute Gasteiger partial charge is 0.435 e. The average molecular weight is 323 g/mol. The lowest BCUT2D eigenvalue weighted by Gasteiger charge is -2.19. The summed E-state index contributed by atoms with van der Waals surface area (Å²) in [5.41, 5.74) is 2.77. The highest BCUT2D eigenvalue weighted by Gasteiger charge is 2.22. The first-order valence-corrected chi connectivity index (χ1v) is 7.88. The van der Waals surface area contributed by atoms with Gasteiger partial charge >= 0.3 is 6.09 Å². The quantitative estimate of drug-likeness (QED) is 0.753. The number of hydrogen-bond donors (Lipinski definition) is 1. The molecule has 0 spiro atoms. The number of fused-ring (bicyclic) bond motifs is 1. The summed E-state index contributed by atoms with van der Waals surface area (Å²) in [5, 5.41) is 8.53. The van der Waals surface area contributed by atoms with E-state index < -0.39 is 11.7 Å². The molecule has 1 heterocycles. The minimum Gasteiger partial charge on any atom is -0.442 e. The summed E-state index contributed by atoms with van der Waals surface area (Å²) in [4.78, 5) is 12.6. The van der Waals surface area contributed by atoms with Gasteiger partial charge in [0.2, 0.25) is 0 Å². The molecule has 1 aromatic heterocycles. The number of hydrogen-bond acceptors (Lipinski definition) is 4. The van der Waals surface area contributed by atoms with E-state index in [1.54, 1.807) is 0 Å². The number of nitrogens with zero attached hydrogens (tertiary/aromatic N) is 2. The summed E-state index contributed by atoms with van der Waals surface area (Å²) in [5.74, 6) is 0. The van der Waals surface area contributed by atoms with E-state index in [2.05, 4.69) is 10.4 Å². The Morgan fingerprint density at radius 2 is 1.83 bits per heavy atom. The Bertz CT molecular complexity index is 877. The second-order valence-corrected chi connectivity index (χ2v) is 6.59. The summed E-state index contributed by atoms with van der Waals surface area (Å²) >= 11 is 0. The highest BCUT2D eigenvalue weighted by Crippen LogP contribution is 2.30. The minimum atomic E-state index is -0.580. The van der Waals surface area contributed by atoms with Crippen molar-refractivity contribution in [1.29, 1.82) is 0 Å². The van der Waals surface area contributed by atoms with E-state index in [4.69, 9.17) is 4.74 Å². The third-order valence-electron chi connectivity index (χ3n) is 3.58. The Morgan fingerprint density at radius 1 is 1.12 bits per heavy atom. The van der Waals surface area contributed by atoms with Gasteiger partial charge in [0.25, 0.3) is 0 Å². The molecule has 0 fully saturated rings. The van der Waals surface area contributed by atoms with Crippen molar-refractivity contribution in [3.05, 3.63) is 48.5 Å². The number of carbonyl (C=O) groups is 1. The third-order valence-corrected chi connectivity index (χ3v) is 3.58. The maximum absolute atomic E-state index is 12.6. The highest BCUT2D eigenvalue weighted by atomic mass is 16.6. The summed E-state index contributed by atoms with van der Waals surface area (Å²) < 4.78 is 6.83. The fourth-order valence-corrected chi connectivity index (χ4v) is 2.52. The van der Waals surface area contributed by atoms with Crippen LogP contribution in [0.25, 0.3) is 22.2 Å². The van der Waals surface area contributed by atoms with Gasteiger partial charge in [0, 0.05) is 23.7 Å². The molecule has 3 rings (SSSR count). The standard InChI is InChI=1S/C19H21N3O2/c1-19(2,3)24-18(23)22-16-12-14(20-4)10-11-15(16)17(21-22)13-8-6-5-7-9-13/h5-12,20H,1-4H3. The van der Waals surface area contributed by atoms with Crippen LogP contribution in [0, 0.1) is 0 Å². The van der Waals surface area contributed by atoms with Crippen LogP contribution < -0.4 is 5.32 Å². The Labute approximate surface area is 141 Å². The van der Waals surface area contributed by atoms with Crippen molar-refractivity contribution < 1.29 is 9.53 Å². The first-order chi connectivity index (χ1) is 11.4. The zero-order valence-electron chi connectivity index (χ0n) is 14.3. The Hall–Kier alpha value is -2.82. The molecule has 124 valence electrons. The van der Waals surface area contributed by atoms with Crippen molar-refractivity contribution in [3.8, 4) is 11.3 Å². The average Bonchev–Trinajstić information content (AvgIpc) is 2.93. The van der Waals surface area contributed by atoms with Gasteiger partial charge in [-0.15, -0.1) is 0 Å². The fraction of sp³-hybridized carbons (Fsp3) is 0.263. The molecule has 1 N–H and O–H groups in total. The molecule has 0 aliphatic carbocycles. The molecular formula is C19H21N3O2. The number of nitrogens with one attached hydrogen (secondary N) is 1. The highest BCUT2D eigenvalue weighted by molar-refractivity contribution is 5.99. The normalized spacial score (nSPS) is 11.5. The molecule has 5 nitrogen and oxygen atoms in total. The van der Waals surface area contributed by atoms with Crippen LogP contribution in [0.4, 0.5) is 10.5 Å². The zero-order valence-corrected chi connectivity index (χ0v) is 14.3. The maximum atomic E-state index is 12.6. The van der Waals surface area contributed by atoms with Crippen LogP contribution >= 0.6 is 0 Å². The van der Waals surface area contributed by atoms with Crippen molar-refractivity contribution >= 4 is 22.7 Å². The molecule has 3 aromatic rings. The van der Waals surface area contributed by atoms with Crippen LogP contribution in [0.5, 0.6) is 0 Å². The van der Waals surface area contributed by atoms with Crippen LogP contribution in [0.15, 0.2) is 48.5 Å². The SMILES string of the molecule is CNc1ccc2c(-c3ccccc3)nn(C(=O)OC(C)(C)C)c2c1. The van der Waals surface area contributed by atoms with Crippen molar-refractivity contribution in [3.63, 3.8) is 0 Å². The predicted molar refractivity (Wildman–Crippen MR) is 96.3 cm³/mol. The molecule has 0 amide bonds. The number of carbonyl (C=O) groups excluding carboxylic acids is 1. The lowest BCUT2D eigenvalue weighted by atomic mass is 10.1. The van der Waals surface area contributed by atoms with E-state index in [-0.39, 0.29) is 0 Å². The summed E-state index contributed by atoms with van der Waals surface area (Å²) in [6, 6.07) is 15.7. The number of ether oxygens (including phenoxy) is 1. The van der Waals surface area contributed by atoms with Crippen molar-refractivity contribution in [2.75, 3.05) is 12.4 Å².